The lowest BCUT2D eigenvalue weighted by Gasteiger charge is -2.33. The first-order chi connectivity index (χ1) is 8.59. The van der Waals surface area contributed by atoms with Crippen molar-refractivity contribution in [3.05, 3.63) is 12.2 Å². The zero-order valence-corrected chi connectivity index (χ0v) is 12.8. The topological polar surface area (TPSA) is 86.3 Å². The van der Waals surface area contributed by atoms with Gasteiger partial charge in [-0.2, -0.15) is 5.43 Å². The van der Waals surface area contributed by atoms with Gasteiger partial charge >= 0.3 is 0 Å². The van der Waals surface area contributed by atoms with Crippen LogP contribution in [0.5, 0.6) is 0 Å². The van der Waals surface area contributed by atoms with Crippen LogP contribution in [0.3, 0.4) is 0 Å². The fraction of sp³-hybridized carbons (Fsp3) is 0.750. The molecule has 19 heavy (non-hydrogen) atoms. The molecular weight excluding hydrogens is 268 g/mol. The van der Waals surface area contributed by atoms with Crippen molar-refractivity contribution >= 4 is 16.0 Å². The average Bonchev–Trinajstić information content (AvgIpc) is 2.24. The van der Waals surface area contributed by atoms with Crippen LogP contribution in [-0.2, 0) is 14.9 Å². The van der Waals surface area contributed by atoms with E-state index in [1.54, 1.807) is 6.92 Å². The van der Waals surface area contributed by atoms with Gasteiger partial charge in [0.1, 0.15) is 13.1 Å². The van der Waals surface area contributed by atoms with Crippen LogP contribution >= 0.6 is 0 Å². The summed E-state index contributed by atoms with van der Waals surface area (Å²) in [7, 11) is -2.39. The fourth-order valence-corrected chi connectivity index (χ4v) is 2.14. The van der Waals surface area contributed by atoms with E-state index in [-0.39, 0.29) is 16.9 Å². The zero-order valence-electron chi connectivity index (χ0n) is 11.9. The number of carbonyl (C=O) groups is 1. The summed E-state index contributed by atoms with van der Waals surface area (Å²) < 4.78 is 32.0. The van der Waals surface area contributed by atoms with E-state index >= 15 is 0 Å². The van der Waals surface area contributed by atoms with Crippen LogP contribution in [0.4, 0.5) is 0 Å². The SMILES string of the molecule is C=C(C)C(=O)N[N+](C)(CCCC)CCCS(=O)(=O)[O-]. The summed E-state index contributed by atoms with van der Waals surface area (Å²) in [6.07, 6.45) is 2.09. The number of nitrogens with zero attached hydrogens (tertiary/aromatic N) is 1. The molecule has 0 aromatic heterocycles. The van der Waals surface area contributed by atoms with Gasteiger partial charge < -0.3 is 4.55 Å². The minimum Gasteiger partial charge on any atom is -0.748 e. The highest BCUT2D eigenvalue weighted by atomic mass is 32.2. The Labute approximate surface area is 115 Å². The molecule has 7 heteroatoms. The summed E-state index contributed by atoms with van der Waals surface area (Å²) in [5, 5.41) is 0. The van der Waals surface area contributed by atoms with E-state index in [1.165, 1.54) is 0 Å². The highest BCUT2D eigenvalue weighted by Gasteiger charge is 2.24. The first-order valence-electron chi connectivity index (χ1n) is 6.36. The second kappa shape index (κ2) is 7.62. The molecule has 0 saturated carbocycles. The molecule has 0 fully saturated rings. The van der Waals surface area contributed by atoms with E-state index in [4.69, 9.17) is 0 Å². The van der Waals surface area contributed by atoms with Crippen LogP contribution in [-0.4, -0.2) is 49.4 Å². The Hall–Kier alpha value is -0.920. The molecule has 0 rings (SSSR count). The first kappa shape index (κ1) is 18.1. The predicted octanol–water partition coefficient (Wildman–Crippen LogP) is 0.776. The Balaban J connectivity index is 4.58. The summed E-state index contributed by atoms with van der Waals surface area (Å²) in [6.45, 7) is 8.31. The molecule has 0 bridgehead atoms. The van der Waals surface area contributed by atoms with Gasteiger partial charge in [-0.3, -0.25) is 4.79 Å². The Morgan fingerprint density at radius 1 is 1.32 bits per heavy atom. The molecule has 0 aliphatic rings. The Bertz CT molecular complexity index is 419. The quantitative estimate of drug-likeness (QED) is 0.294. The van der Waals surface area contributed by atoms with E-state index in [2.05, 4.69) is 12.0 Å². The number of hydrogen-bond donors (Lipinski definition) is 1. The van der Waals surface area contributed by atoms with Gasteiger partial charge in [0.2, 0.25) is 0 Å². The van der Waals surface area contributed by atoms with Gasteiger partial charge in [-0.15, -0.1) is 0 Å². The molecule has 0 aliphatic carbocycles. The second-order valence-corrected chi connectivity index (χ2v) is 6.56. The van der Waals surface area contributed by atoms with E-state index in [0.29, 0.717) is 18.7 Å². The minimum atomic E-state index is -4.20. The average molecular weight is 292 g/mol. The molecule has 1 atom stereocenters. The van der Waals surface area contributed by atoms with Crippen molar-refractivity contribution in [2.24, 2.45) is 0 Å². The molecule has 0 spiro atoms. The lowest BCUT2D eigenvalue weighted by Crippen LogP contribution is -2.58. The van der Waals surface area contributed by atoms with E-state index < -0.39 is 15.9 Å². The monoisotopic (exact) mass is 292 g/mol. The number of rotatable bonds is 9. The maximum atomic E-state index is 11.7. The minimum absolute atomic E-state index is 0.217. The summed E-state index contributed by atoms with van der Waals surface area (Å²) in [5.41, 5.74) is 3.22. The molecule has 0 aliphatic heterocycles. The molecule has 6 nitrogen and oxygen atoms in total. The van der Waals surface area contributed by atoms with Crippen molar-refractivity contribution in [3.8, 4) is 0 Å². The van der Waals surface area contributed by atoms with Crippen LogP contribution < -0.4 is 5.43 Å². The highest BCUT2D eigenvalue weighted by Crippen LogP contribution is 2.06. The molecule has 0 aromatic rings. The van der Waals surface area contributed by atoms with E-state index in [0.717, 1.165) is 12.8 Å². The molecule has 112 valence electrons. The van der Waals surface area contributed by atoms with Gasteiger partial charge in [0.05, 0.1) is 17.2 Å². The van der Waals surface area contributed by atoms with Crippen molar-refractivity contribution in [2.45, 2.75) is 33.1 Å². The largest absolute Gasteiger partial charge is 0.748 e. The van der Waals surface area contributed by atoms with Gasteiger partial charge in [-0.25, -0.2) is 13.0 Å². The van der Waals surface area contributed by atoms with Crippen molar-refractivity contribution in [1.82, 2.24) is 5.43 Å². The Kier molecular flexibility index (Phi) is 7.25. The normalized spacial score (nSPS) is 14.7. The smallest absolute Gasteiger partial charge is 0.290 e. The third-order valence-corrected chi connectivity index (χ3v) is 3.60. The van der Waals surface area contributed by atoms with Crippen LogP contribution in [0.15, 0.2) is 12.2 Å². The van der Waals surface area contributed by atoms with Crippen LogP contribution in [0.1, 0.15) is 33.1 Å². The molecule has 0 saturated heterocycles. The molecule has 1 N–H and O–H groups in total. The Morgan fingerprint density at radius 3 is 2.26 bits per heavy atom. The summed E-state index contributed by atoms with van der Waals surface area (Å²) in [5.74, 6) is -0.667. The molecule has 0 radical (unpaired) electrons. The number of quaternary nitrogens is 1. The molecular formula is C12H24N2O4S. The summed E-state index contributed by atoms with van der Waals surface area (Å²) in [6, 6.07) is 0. The van der Waals surface area contributed by atoms with Gasteiger partial charge in [-0.05, 0) is 13.3 Å². The van der Waals surface area contributed by atoms with Crippen LogP contribution in [0.25, 0.3) is 0 Å². The number of nitrogens with one attached hydrogen (secondary N) is 1. The second-order valence-electron chi connectivity index (χ2n) is 5.03. The van der Waals surface area contributed by atoms with Gasteiger partial charge in [0, 0.05) is 17.7 Å². The van der Waals surface area contributed by atoms with E-state index in [9.17, 15) is 17.8 Å². The lowest BCUT2D eigenvalue weighted by molar-refractivity contribution is -0.943. The lowest BCUT2D eigenvalue weighted by atomic mass is 10.3. The molecule has 1 unspecified atom stereocenters. The third-order valence-electron chi connectivity index (χ3n) is 2.81. The van der Waals surface area contributed by atoms with Gasteiger partial charge in [0.25, 0.3) is 5.91 Å². The molecule has 0 heterocycles. The number of hydrogen-bond acceptors (Lipinski definition) is 4. The standard InChI is InChI=1S/C12H24N2O4S/c1-5-6-8-14(4,13-12(15)11(2)3)9-7-10-19(16,17)18/h2,5-10H2,1,3-4H3,(H-,13,15,16,17,18). The number of amides is 1. The van der Waals surface area contributed by atoms with E-state index in [1.807, 2.05) is 14.0 Å². The van der Waals surface area contributed by atoms with Crippen LogP contribution in [0.2, 0.25) is 0 Å². The maximum Gasteiger partial charge on any atom is 0.290 e. The number of carbonyl (C=O) groups excluding carboxylic acids is 1. The fourth-order valence-electron chi connectivity index (χ4n) is 1.66. The van der Waals surface area contributed by atoms with Crippen molar-refractivity contribution in [2.75, 3.05) is 25.9 Å². The summed E-state index contributed by atoms with van der Waals surface area (Å²) >= 11 is 0. The third kappa shape index (κ3) is 8.74. The highest BCUT2D eigenvalue weighted by molar-refractivity contribution is 7.85. The Morgan fingerprint density at radius 2 is 1.84 bits per heavy atom. The van der Waals surface area contributed by atoms with Crippen molar-refractivity contribution in [3.63, 3.8) is 0 Å². The molecule has 1 amide bonds. The zero-order chi connectivity index (χ0) is 15.1. The van der Waals surface area contributed by atoms with Gasteiger partial charge in [-0.1, -0.05) is 19.9 Å². The summed E-state index contributed by atoms with van der Waals surface area (Å²) in [4.78, 5) is 11.7. The van der Waals surface area contributed by atoms with Crippen LogP contribution in [0, 0.1) is 0 Å². The number of unbranched alkanes of at least 4 members (excludes halogenated alkanes) is 1. The van der Waals surface area contributed by atoms with Crippen molar-refractivity contribution in [1.29, 1.82) is 0 Å². The van der Waals surface area contributed by atoms with Crippen molar-refractivity contribution < 1.29 is 22.4 Å². The molecule has 0 aromatic carbocycles. The first-order valence-corrected chi connectivity index (χ1v) is 7.93. The maximum absolute atomic E-state index is 11.7. The predicted molar refractivity (Wildman–Crippen MR) is 73.0 cm³/mol. The van der Waals surface area contributed by atoms with Gasteiger partial charge in [0.15, 0.2) is 0 Å².